The van der Waals surface area contributed by atoms with Gasteiger partial charge in [-0.15, -0.1) is 0 Å². The molecule has 5 aromatic rings. The maximum Gasteiger partial charge on any atom is 0.255 e. The van der Waals surface area contributed by atoms with E-state index in [1.54, 1.807) is 12.4 Å². The van der Waals surface area contributed by atoms with E-state index in [1.807, 2.05) is 62.4 Å². The predicted molar refractivity (Wildman–Crippen MR) is 136 cm³/mol. The molecular formula is C28H24FN5O. The lowest BCUT2D eigenvalue weighted by Crippen LogP contribution is -2.15. The molecule has 0 saturated heterocycles. The molecule has 0 fully saturated rings. The molecule has 0 aliphatic heterocycles. The van der Waals surface area contributed by atoms with E-state index >= 15 is 0 Å². The summed E-state index contributed by atoms with van der Waals surface area (Å²) in [6, 6.07) is 20.7. The second-order valence-corrected chi connectivity index (χ2v) is 8.44. The SMILES string of the molecule is Cc1ccnc(N[C@H](c2ccccn2)c2c(C)[nH]c3ccc(NC(=O)c4ccc(F)cc4)cc23)c1. The van der Waals surface area contributed by atoms with Crippen LogP contribution in [0.3, 0.4) is 0 Å². The Labute approximate surface area is 202 Å². The highest BCUT2D eigenvalue weighted by Crippen LogP contribution is 2.35. The third-order valence-corrected chi connectivity index (χ3v) is 5.88. The average molecular weight is 466 g/mol. The van der Waals surface area contributed by atoms with Crippen LogP contribution in [0.2, 0.25) is 0 Å². The van der Waals surface area contributed by atoms with Crippen molar-refractivity contribution in [3.8, 4) is 0 Å². The van der Waals surface area contributed by atoms with Crippen LogP contribution in [0.5, 0.6) is 0 Å². The van der Waals surface area contributed by atoms with Gasteiger partial charge in [0.15, 0.2) is 0 Å². The Bertz CT molecular complexity index is 1500. The van der Waals surface area contributed by atoms with Crippen molar-refractivity contribution in [3.63, 3.8) is 0 Å². The first-order valence-electron chi connectivity index (χ1n) is 11.3. The summed E-state index contributed by atoms with van der Waals surface area (Å²) in [6.45, 7) is 4.04. The van der Waals surface area contributed by atoms with E-state index in [0.717, 1.165) is 39.2 Å². The van der Waals surface area contributed by atoms with E-state index in [1.165, 1.54) is 24.3 Å². The molecule has 35 heavy (non-hydrogen) atoms. The van der Waals surface area contributed by atoms with E-state index in [2.05, 4.69) is 25.6 Å². The van der Waals surface area contributed by atoms with Gasteiger partial charge in [-0.25, -0.2) is 9.37 Å². The molecule has 0 saturated carbocycles. The van der Waals surface area contributed by atoms with E-state index in [4.69, 9.17) is 0 Å². The molecule has 0 unspecified atom stereocenters. The quantitative estimate of drug-likeness (QED) is 0.280. The molecule has 3 aromatic heterocycles. The molecule has 1 amide bonds. The van der Waals surface area contributed by atoms with Crippen molar-refractivity contribution in [2.75, 3.05) is 10.6 Å². The van der Waals surface area contributed by atoms with Crippen LogP contribution in [0.15, 0.2) is 85.2 Å². The van der Waals surface area contributed by atoms with Gasteiger partial charge in [-0.05, 0) is 86.1 Å². The number of fused-ring (bicyclic) bond motifs is 1. The summed E-state index contributed by atoms with van der Waals surface area (Å²) in [6.07, 6.45) is 3.55. The Hall–Kier alpha value is -4.52. The van der Waals surface area contributed by atoms with Crippen molar-refractivity contribution < 1.29 is 9.18 Å². The van der Waals surface area contributed by atoms with E-state index < -0.39 is 0 Å². The normalized spacial score (nSPS) is 11.9. The smallest absolute Gasteiger partial charge is 0.255 e. The molecule has 0 aliphatic carbocycles. The molecule has 0 radical (unpaired) electrons. The number of halogens is 1. The molecule has 3 N–H and O–H groups in total. The maximum atomic E-state index is 13.2. The van der Waals surface area contributed by atoms with Gasteiger partial charge in [0.1, 0.15) is 11.6 Å². The van der Waals surface area contributed by atoms with Gasteiger partial charge in [0.25, 0.3) is 5.91 Å². The van der Waals surface area contributed by atoms with Crippen LogP contribution in [0.1, 0.15) is 38.9 Å². The van der Waals surface area contributed by atoms with Crippen LogP contribution >= 0.6 is 0 Å². The number of amides is 1. The number of aryl methyl sites for hydroxylation is 2. The number of nitrogens with one attached hydrogen (secondary N) is 3. The second kappa shape index (κ2) is 9.38. The van der Waals surface area contributed by atoms with Crippen LogP contribution in [-0.2, 0) is 0 Å². The van der Waals surface area contributed by atoms with Crippen molar-refractivity contribution in [1.82, 2.24) is 15.0 Å². The highest BCUT2D eigenvalue weighted by atomic mass is 19.1. The summed E-state index contributed by atoms with van der Waals surface area (Å²) < 4.78 is 13.2. The molecular weight excluding hydrogens is 441 g/mol. The average Bonchev–Trinajstić information content (AvgIpc) is 3.18. The number of aromatic nitrogens is 3. The molecule has 5 rings (SSSR count). The monoisotopic (exact) mass is 465 g/mol. The molecule has 0 aliphatic rings. The molecule has 3 heterocycles. The van der Waals surface area contributed by atoms with Gasteiger partial charge in [0.2, 0.25) is 0 Å². The summed E-state index contributed by atoms with van der Waals surface area (Å²) in [5, 5.41) is 7.42. The molecule has 0 spiro atoms. The number of benzene rings is 2. The topological polar surface area (TPSA) is 82.7 Å². The Balaban J connectivity index is 1.55. The number of carbonyl (C=O) groups excluding carboxylic acids is 1. The summed E-state index contributed by atoms with van der Waals surface area (Å²) in [5.74, 6) is 0.0586. The first kappa shape index (κ1) is 22.3. The highest BCUT2D eigenvalue weighted by molar-refractivity contribution is 6.05. The predicted octanol–water partition coefficient (Wildman–Crippen LogP) is 6.17. The van der Waals surface area contributed by atoms with Gasteiger partial charge in [0, 0.05) is 45.8 Å². The molecule has 7 heteroatoms. The molecule has 174 valence electrons. The lowest BCUT2D eigenvalue weighted by Gasteiger charge is -2.20. The first-order chi connectivity index (χ1) is 17.0. The fourth-order valence-corrected chi connectivity index (χ4v) is 4.21. The Morgan fingerprint density at radius 2 is 1.77 bits per heavy atom. The first-order valence-corrected chi connectivity index (χ1v) is 11.3. The van der Waals surface area contributed by atoms with E-state index in [-0.39, 0.29) is 17.8 Å². The number of aromatic amines is 1. The minimum atomic E-state index is -0.383. The third-order valence-electron chi connectivity index (χ3n) is 5.88. The molecule has 0 bridgehead atoms. The zero-order valence-electron chi connectivity index (χ0n) is 19.3. The van der Waals surface area contributed by atoms with Crippen molar-refractivity contribution in [3.05, 3.63) is 119 Å². The van der Waals surface area contributed by atoms with Gasteiger partial charge in [-0.2, -0.15) is 0 Å². The van der Waals surface area contributed by atoms with Gasteiger partial charge in [-0.1, -0.05) is 6.07 Å². The van der Waals surface area contributed by atoms with Gasteiger partial charge in [0.05, 0.1) is 11.7 Å². The van der Waals surface area contributed by atoms with Crippen LogP contribution in [0, 0.1) is 19.7 Å². The Morgan fingerprint density at radius 1 is 0.943 bits per heavy atom. The number of pyridine rings is 2. The van der Waals surface area contributed by atoms with Gasteiger partial charge < -0.3 is 15.6 Å². The number of rotatable bonds is 6. The maximum absolute atomic E-state index is 13.2. The highest BCUT2D eigenvalue weighted by Gasteiger charge is 2.23. The van der Waals surface area contributed by atoms with Crippen LogP contribution in [0.4, 0.5) is 15.9 Å². The summed E-state index contributed by atoms with van der Waals surface area (Å²) >= 11 is 0. The van der Waals surface area contributed by atoms with E-state index in [9.17, 15) is 9.18 Å². The third kappa shape index (κ3) is 4.75. The largest absolute Gasteiger partial charge is 0.358 e. The van der Waals surface area contributed by atoms with Gasteiger partial charge >= 0.3 is 0 Å². The van der Waals surface area contributed by atoms with Crippen molar-refractivity contribution in [2.45, 2.75) is 19.9 Å². The van der Waals surface area contributed by atoms with Crippen molar-refractivity contribution in [1.29, 1.82) is 0 Å². The molecule has 1 atom stereocenters. The number of nitrogens with zero attached hydrogens (tertiary/aromatic N) is 2. The fourth-order valence-electron chi connectivity index (χ4n) is 4.21. The van der Waals surface area contributed by atoms with Crippen LogP contribution in [-0.4, -0.2) is 20.9 Å². The van der Waals surface area contributed by atoms with Crippen molar-refractivity contribution in [2.24, 2.45) is 0 Å². The summed E-state index contributed by atoms with van der Waals surface area (Å²) in [4.78, 5) is 25.3. The van der Waals surface area contributed by atoms with Gasteiger partial charge in [-0.3, -0.25) is 9.78 Å². The fraction of sp³-hybridized carbons (Fsp3) is 0.107. The Morgan fingerprint density at radius 3 is 2.51 bits per heavy atom. The number of carbonyl (C=O) groups is 1. The molecule has 2 aromatic carbocycles. The molecule has 6 nitrogen and oxygen atoms in total. The van der Waals surface area contributed by atoms with Crippen LogP contribution < -0.4 is 10.6 Å². The number of hydrogen-bond donors (Lipinski definition) is 3. The minimum Gasteiger partial charge on any atom is -0.358 e. The second-order valence-electron chi connectivity index (χ2n) is 8.44. The zero-order valence-corrected chi connectivity index (χ0v) is 19.3. The number of hydrogen-bond acceptors (Lipinski definition) is 4. The van der Waals surface area contributed by atoms with E-state index in [0.29, 0.717) is 11.3 Å². The minimum absolute atomic E-state index is 0.276. The lowest BCUT2D eigenvalue weighted by atomic mass is 9.99. The zero-order chi connectivity index (χ0) is 24.4. The van der Waals surface area contributed by atoms with Crippen LogP contribution in [0.25, 0.3) is 10.9 Å². The summed E-state index contributed by atoms with van der Waals surface area (Å²) in [7, 11) is 0. The van der Waals surface area contributed by atoms with Crippen molar-refractivity contribution >= 4 is 28.3 Å². The number of anilines is 2. The lowest BCUT2D eigenvalue weighted by molar-refractivity contribution is 0.102. The number of H-pyrrole nitrogens is 1. The Kier molecular flexibility index (Phi) is 5.97. The standard InChI is InChI=1S/C28H24FN5O/c1-17-12-14-31-25(15-17)34-27(24-5-3-4-13-30-24)26-18(2)32-23-11-10-21(16-22(23)26)33-28(35)19-6-8-20(29)9-7-19/h3-16,27,32H,1-2H3,(H,31,34)(H,33,35)/t27-/m1/s1. The summed E-state index contributed by atoms with van der Waals surface area (Å²) in [5.41, 5.74) is 5.91.